The van der Waals surface area contributed by atoms with Gasteiger partial charge in [0, 0.05) is 23.9 Å². The van der Waals surface area contributed by atoms with Crippen LogP contribution in [0.5, 0.6) is 0 Å². The number of hydrogen-bond donors (Lipinski definition) is 2. The van der Waals surface area contributed by atoms with Gasteiger partial charge < -0.3 is 9.72 Å². The van der Waals surface area contributed by atoms with E-state index in [1.165, 1.54) is 12.1 Å². The molecule has 8 heteroatoms. The molecular weight excluding hydrogens is 421 g/mol. The number of imide groups is 1. The number of H-pyrrole nitrogens is 1. The predicted molar refractivity (Wildman–Crippen MR) is 114 cm³/mol. The summed E-state index contributed by atoms with van der Waals surface area (Å²) in [6, 6.07) is 16.0. The Bertz CT molecular complexity index is 1030. The molecule has 0 unspecified atom stereocenters. The fourth-order valence-corrected chi connectivity index (χ4v) is 3.24. The maximum Gasteiger partial charge on any atom is 0.416 e. The minimum absolute atomic E-state index is 0.0828. The van der Waals surface area contributed by atoms with Crippen molar-refractivity contribution in [3.63, 3.8) is 0 Å². The van der Waals surface area contributed by atoms with Crippen molar-refractivity contribution in [3.8, 4) is 11.1 Å². The number of nitrogens with one attached hydrogen (secondary N) is 2. The van der Waals surface area contributed by atoms with Gasteiger partial charge in [-0.1, -0.05) is 42.5 Å². The van der Waals surface area contributed by atoms with Crippen molar-refractivity contribution in [2.45, 2.75) is 38.5 Å². The number of aromatic nitrogens is 1. The summed E-state index contributed by atoms with van der Waals surface area (Å²) in [5.41, 5.74) is 2.53. The molecule has 0 radical (unpaired) electrons. The lowest BCUT2D eigenvalue weighted by molar-refractivity contribution is -0.137. The van der Waals surface area contributed by atoms with Crippen molar-refractivity contribution >= 4 is 12.0 Å². The Morgan fingerprint density at radius 3 is 2.34 bits per heavy atom. The Balaban J connectivity index is 1.41. The van der Waals surface area contributed by atoms with Crippen LogP contribution in [0.1, 0.15) is 36.1 Å². The number of alkyl carbamates (subject to hydrolysis) is 1. The van der Waals surface area contributed by atoms with Gasteiger partial charge in [0.25, 0.3) is 0 Å². The van der Waals surface area contributed by atoms with Crippen LogP contribution in [-0.4, -0.2) is 17.0 Å². The third kappa shape index (κ3) is 6.73. The topological polar surface area (TPSA) is 71.2 Å². The summed E-state index contributed by atoms with van der Waals surface area (Å²) in [5, 5.41) is 2.20. The molecule has 32 heavy (non-hydrogen) atoms. The van der Waals surface area contributed by atoms with Crippen molar-refractivity contribution in [2.75, 3.05) is 0 Å². The number of ether oxygens (including phenoxy) is 1. The molecule has 3 rings (SSSR count). The zero-order valence-corrected chi connectivity index (χ0v) is 17.2. The van der Waals surface area contributed by atoms with Gasteiger partial charge in [0.2, 0.25) is 5.91 Å². The molecule has 0 saturated carbocycles. The molecule has 0 spiro atoms. The van der Waals surface area contributed by atoms with E-state index in [4.69, 9.17) is 4.74 Å². The first-order valence-corrected chi connectivity index (χ1v) is 10.2. The van der Waals surface area contributed by atoms with Crippen LogP contribution in [-0.2, 0) is 28.7 Å². The third-order valence-corrected chi connectivity index (χ3v) is 4.89. The average Bonchev–Trinajstić information content (AvgIpc) is 3.24. The Kier molecular flexibility index (Phi) is 7.70. The smallest absolute Gasteiger partial charge is 0.416 e. The summed E-state index contributed by atoms with van der Waals surface area (Å²) < 4.78 is 43.2. The third-order valence-electron chi connectivity index (χ3n) is 4.89. The molecule has 0 atom stereocenters. The predicted octanol–water partition coefficient (Wildman–Crippen LogP) is 5.87. The first kappa shape index (κ1) is 23.1. The van der Waals surface area contributed by atoms with E-state index in [0.717, 1.165) is 29.0 Å². The number of carbonyl (C=O) groups is 2. The van der Waals surface area contributed by atoms with Crippen LogP contribution in [0.2, 0.25) is 0 Å². The van der Waals surface area contributed by atoms with Crippen LogP contribution < -0.4 is 5.32 Å². The normalized spacial score (nSPS) is 11.2. The van der Waals surface area contributed by atoms with Gasteiger partial charge in [-0.3, -0.25) is 10.1 Å². The lowest BCUT2D eigenvalue weighted by atomic mass is 10.0. The summed E-state index contributed by atoms with van der Waals surface area (Å²) in [6.45, 7) is 0.0828. The van der Waals surface area contributed by atoms with Gasteiger partial charge in [0.15, 0.2) is 0 Å². The highest BCUT2D eigenvalue weighted by atomic mass is 19.4. The zero-order chi connectivity index (χ0) is 23.0. The number of alkyl halides is 3. The van der Waals surface area contributed by atoms with Crippen molar-refractivity contribution < 1.29 is 27.5 Å². The van der Waals surface area contributed by atoms with E-state index in [2.05, 4.69) is 10.3 Å². The molecule has 0 saturated heterocycles. The first-order valence-electron chi connectivity index (χ1n) is 10.2. The van der Waals surface area contributed by atoms with Gasteiger partial charge in [-0.15, -0.1) is 0 Å². The number of halogens is 3. The largest absolute Gasteiger partial charge is 0.444 e. The second kappa shape index (κ2) is 10.7. The van der Waals surface area contributed by atoms with Gasteiger partial charge in [-0.05, 0) is 48.6 Å². The quantitative estimate of drug-likeness (QED) is 0.427. The van der Waals surface area contributed by atoms with Crippen LogP contribution in [0.15, 0.2) is 66.9 Å². The number of unbranched alkanes of at least 4 members (excludes halogenated alkanes) is 1. The monoisotopic (exact) mass is 444 g/mol. The molecule has 1 aromatic heterocycles. The molecule has 0 fully saturated rings. The molecular formula is C24H23F3N2O3. The van der Waals surface area contributed by atoms with Crippen molar-refractivity contribution in [1.29, 1.82) is 0 Å². The Hall–Kier alpha value is -3.55. The number of amides is 2. The molecule has 2 amide bonds. The van der Waals surface area contributed by atoms with Crippen LogP contribution in [0.25, 0.3) is 11.1 Å². The number of benzene rings is 2. The SMILES string of the molecule is O=C(CCCCc1[nH]ccc1-c1ccc(C(F)(F)F)cc1)NC(=O)OCc1ccccc1. The van der Waals surface area contributed by atoms with Crippen LogP contribution in [0.4, 0.5) is 18.0 Å². The van der Waals surface area contributed by atoms with Gasteiger partial charge in [0.05, 0.1) is 5.56 Å². The molecule has 2 aromatic carbocycles. The fraction of sp³-hybridized carbons (Fsp3) is 0.250. The number of rotatable bonds is 8. The lowest BCUT2D eigenvalue weighted by Crippen LogP contribution is -2.30. The summed E-state index contributed by atoms with van der Waals surface area (Å²) in [6.07, 6.45) is -1.42. The maximum absolute atomic E-state index is 12.7. The van der Waals surface area contributed by atoms with E-state index in [9.17, 15) is 22.8 Å². The molecule has 1 heterocycles. The molecule has 3 aromatic rings. The highest BCUT2D eigenvalue weighted by Crippen LogP contribution is 2.32. The minimum atomic E-state index is -4.37. The Morgan fingerprint density at radius 2 is 1.66 bits per heavy atom. The molecule has 168 valence electrons. The summed E-state index contributed by atoms with van der Waals surface area (Å²) >= 11 is 0. The van der Waals surface area contributed by atoms with Crippen molar-refractivity contribution in [1.82, 2.24) is 10.3 Å². The molecule has 0 aliphatic rings. The van der Waals surface area contributed by atoms with E-state index in [-0.39, 0.29) is 13.0 Å². The minimum Gasteiger partial charge on any atom is -0.444 e. The molecule has 0 aliphatic carbocycles. The number of hydrogen-bond acceptors (Lipinski definition) is 3. The number of aromatic amines is 1. The summed E-state index contributed by atoms with van der Waals surface area (Å²) in [7, 11) is 0. The molecule has 5 nitrogen and oxygen atoms in total. The van der Waals surface area contributed by atoms with Crippen LogP contribution >= 0.6 is 0 Å². The van der Waals surface area contributed by atoms with Crippen LogP contribution in [0, 0.1) is 0 Å². The Morgan fingerprint density at radius 1 is 0.938 bits per heavy atom. The second-order valence-electron chi connectivity index (χ2n) is 7.26. The summed E-state index contributed by atoms with van der Waals surface area (Å²) in [4.78, 5) is 26.7. The molecule has 0 bridgehead atoms. The van der Waals surface area contributed by atoms with E-state index < -0.39 is 23.7 Å². The standard InChI is InChI=1S/C24H23F3N2O3/c25-24(26,27)19-12-10-18(11-13-19)20-14-15-28-21(20)8-4-5-9-22(30)29-23(31)32-16-17-6-2-1-3-7-17/h1-3,6-7,10-15,28H,4-5,8-9,16H2,(H,29,30,31). The van der Waals surface area contributed by atoms with Crippen LogP contribution in [0.3, 0.4) is 0 Å². The fourth-order valence-electron chi connectivity index (χ4n) is 3.24. The van der Waals surface area contributed by atoms with E-state index >= 15 is 0 Å². The Labute approximate surface area is 183 Å². The van der Waals surface area contributed by atoms with Gasteiger partial charge in [-0.25, -0.2) is 4.79 Å². The van der Waals surface area contributed by atoms with E-state index in [1.54, 1.807) is 6.20 Å². The molecule has 2 N–H and O–H groups in total. The highest BCUT2D eigenvalue weighted by molar-refractivity contribution is 5.91. The van der Waals surface area contributed by atoms with Crippen molar-refractivity contribution in [3.05, 3.63) is 83.7 Å². The number of aryl methyl sites for hydroxylation is 1. The van der Waals surface area contributed by atoms with Gasteiger partial charge in [-0.2, -0.15) is 13.2 Å². The lowest BCUT2D eigenvalue weighted by Gasteiger charge is -2.09. The first-order chi connectivity index (χ1) is 15.3. The van der Waals surface area contributed by atoms with E-state index in [1.807, 2.05) is 36.4 Å². The maximum atomic E-state index is 12.7. The van der Waals surface area contributed by atoms with Crippen molar-refractivity contribution in [2.24, 2.45) is 0 Å². The van der Waals surface area contributed by atoms with Gasteiger partial charge >= 0.3 is 12.3 Å². The van der Waals surface area contributed by atoms with Gasteiger partial charge in [0.1, 0.15) is 6.61 Å². The summed E-state index contributed by atoms with van der Waals surface area (Å²) in [5.74, 6) is -0.419. The highest BCUT2D eigenvalue weighted by Gasteiger charge is 2.30. The second-order valence-corrected chi connectivity index (χ2v) is 7.26. The zero-order valence-electron chi connectivity index (χ0n) is 17.2. The van der Waals surface area contributed by atoms with E-state index in [0.29, 0.717) is 24.8 Å². The molecule has 0 aliphatic heterocycles. The average molecular weight is 444 g/mol. The number of carbonyl (C=O) groups excluding carboxylic acids is 2.